The molecule has 1 aromatic rings. The van der Waals surface area contributed by atoms with E-state index in [4.69, 9.17) is 9.84 Å². The van der Waals surface area contributed by atoms with Crippen LogP contribution >= 0.6 is 0 Å². The summed E-state index contributed by atoms with van der Waals surface area (Å²) < 4.78 is 5.40. The molecule has 0 heterocycles. The summed E-state index contributed by atoms with van der Waals surface area (Å²) in [6, 6.07) is 7.28. The molecule has 3 rings (SSSR count). The van der Waals surface area contributed by atoms with Gasteiger partial charge in [-0.25, -0.2) is 0 Å². The zero-order valence-corrected chi connectivity index (χ0v) is 15.3. The number of fused-ring (bicyclic) bond motifs is 1. The molecule has 24 heavy (non-hydrogen) atoms. The highest BCUT2D eigenvalue weighted by Crippen LogP contribution is 2.35. The average Bonchev–Trinajstić information content (AvgIpc) is 3.40. The molecule has 0 aromatic heterocycles. The second-order valence-electron chi connectivity index (χ2n) is 7.81. The maximum Gasteiger partial charge on any atom is 0.119 e. The second-order valence-corrected chi connectivity index (χ2v) is 7.81. The molecule has 2 aliphatic carbocycles. The Kier molecular flexibility index (Phi) is 6.18. The third-order valence-electron chi connectivity index (χ3n) is 5.80. The summed E-state index contributed by atoms with van der Waals surface area (Å²) in [6.07, 6.45) is 8.48. The van der Waals surface area contributed by atoms with Gasteiger partial charge in [0.1, 0.15) is 5.75 Å². The Balaban J connectivity index is 1.67. The molecule has 1 fully saturated rings. The third kappa shape index (κ3) is 4.52. The van der Waals surface area contributed by atoms with Crippen LogP contribution in [0.5, 0.6) is 5.75 Å². The molecular formula is C21H33NO2. The molecular weight excluding hydrogens is 298 g/mol. The van der Waals surface area contributed by atoms with E-state index in [0.29, 0.717) is 18.6 Å². The highest BCUT2D eigenvalue weighted by atomic mass is 16.5. The lowest BCUT2D eigenvalue weighted by atomic mass is 9.80. The van der Waals surface area contributed by atoms with Crippen LogP contribution in [-0.4, -0.2) is 42.9 Å². The second kappa shape index (κ2) is 8.35. The summed E-state index contributed by atoms with van der Waals surface area (Å²) >= 11 is 0. The van der Waals surface area contributed by atoms with Gasteiger partial charge in [0, 0.05) is 19.2 Å². The van der Waals surface area contributed by atoms with Gasteiger partial charge in [-0.15, -0.1) is 0 Å². The number of benzene rings is 1. The van der Waals surface area contributed by atoms with Gasteiger partial charge in [0.25, 0.3) is 0 Å². The Morgan fingerprint density at radius 1 is 1.12 bits per heavy atom. The largest absolute Gasteiger partial charge is 0.497 e. The van der Waals surface area contributed by atoms with Crippen molar-refractivity contribution in [3.8, 4) is 5.75 Å². The van der Waals surface area contributed by atoms with E-state index in [1.807, 2.05) is 0 Å². The molecule has 1 aromatic carbocycles. The number of hydrogen-bond acceptors (Lipinski definition) is 3. The van der Waals surface area contributed by atoms with Gasteiger partial charge >= 0.3 is 0 Å². The molecule has 2 atom stereocenters. The molecule has 0 aliphatic heterocycles. The van der Waals surface area contributed by atoms with Crippen molar-refractivity contribution in [3.05, 3.63) is 29.3 Å². The van der Waals surface area contributed by atoms with Gasteiger partial charge < -0.3 is 9.84 Å². The summed E-state index contributed by atoms with van der Waals surface area (Å²) in [5, 5.41) is 9.01. The number of unbranched alkanes of at least 4 members (excludes halogenated alkanes) is 2. The van der Waals surface area contributed by atoms with Gasteiger partial charge in [-0.05, 0) is 86.6 Å². The number of methoxy groups -OCH3 is 1. The van der Waals surface area contributed by atoms with E-state index in [2.05, 4.69) is 30.0 Å². The van der Waals surface area contributed by atoms with Crippen LogP contribution in [0.25, 0.3) is 0 Å². The number of nitrogens with zero attached hydrogens (tertiary/aromatic N) is 1. The number of hydrogen-bond donors (Lipinski definition) is 1. The summed E-state index contributed by atoms with van der Waals surface area (Å²) in [4.78, 5) is 2.77. The molecule has 0 amide bonds. The Morgan fingerprint density at radius 3 is 2.67 bits per heavy atom. The topological polar surface area (TPSA) is 32.7 Å². The van der Waals surface area contributed by atoms with E-state index in [-0.39, 0.29) is 0 Å². The van der Waals surface area contributed by atoms with Crippen LogP contribution < -0.4 is 4.74 Å². The van der Waals surface area contributed by atoms with Crippen molar-refractivity contribution in [3.63, 3.8) is 0 Å². The van der Waals surface area contributed by atoms with Crippen LogP contribution in [0, 0.1) is 11.8 Å². The molecule has 0 spiro atoms. The molecule has 0 radical (unpaired) electrons. The average molecular weight is 332 g/mol. The first-order valence-corrected chi connectivity index (χ1v) is 9.72. The van der Waals surface area contributed by atoms with Gasteiger partial charge in [-0.3, -0.25) is 4.90 Å². The molecule has 0 bridgehead atoms. The molecule has 3 heteroatoms. The number of rotatable bonds is 9. The Bertz CT molecular complexity index is 527. The molecule has 0 saturated heterocycles. The first-order valence-electron chi connectivity index (χ1n) is 9.72. The lowest BCUT2D eigenvalue weighted by Gasteiger charge is -2.40. The van der Waals surface area contributed by atoms with Crippen molar-refractivity contribution in [2.24, 2.45) is 11.8 Å². The van der Waals surface area contributed by atoms with E-state index in [1.165, 1.54) is 49.9 Å². The minimum atomic E-state index is 0.331. The van der Waals surface area contributed by atoms with E-state index >= 15 is 0 Å². The highest BCUT2D eigenvalue weighted by Gasteiger charge is 2.33. The number of ether oxygens (including phenoxy) is 1. The Hall–Kier alpha value is -1.06. The van der Waals surface area contributed by atoms with Crippen molar-refractivity contribution < 1.29 is 9.84 Å². The Morgan fingerprint density at radius 2 is 1.96 bits per heavy atom. The van der Waals surface area contributed by atoms with E-state index in [0.717, 1.165) is 30.9 Å². The molecule has 3 nitrogen and oxygen atoms in total. The quantitative estimate of drug-likeness (QED) is 0.701. The monoisotopic (exact) mass is 331 g/mol. The number of aliphatic hydroxyl groups is 1. The van der Waals surface area contributed by atoms with Gasteiger partial charge in [0.15, 0.2) is 0 Å². The van der Waals surface area contributed by atoms with Crippen LogP contribution in [-0.2, 0) is 12.8 Å². The summed E-state index contributed by atoms with van der Waals surface area (Å²) in [5.74, 6) is 2.62. The van der Waals surface area contributed by atoms with E-state index < -0.39 is 0 Å². The molecule has 134 valence electrons. The van der Waals surface area contributed by atoms with Crippen LogP contribution in [0.15, 0.2) is 18.2 Å². The van der Waals surface area contributed by atoms with Gasteiger partial charge in [-0.2, -0.15) is 0 Å². The third-order valence-corrected chi connectivity index (χ3v) is 5.80. The zero-order chi connectivity index (χ0) is 16.9. The van der Waals surface area contributed by atoms with Gasteiger partial charge in [-0.1, -0.05) is 13.0 Å². The summed E-state index contributed by atoms with van der Waals surface area (Å²) in [5.41, 5.74) is 2.99. The minimum Gasteiger partial charge on any atom is -0.497 e. The van der Waals surface area contributed by atoms with Crippen LogP contribution in [0.1, 0.15) is 50.2 Å². The fraction of sp³-hybridized carbons (Fsp3) is 0.714. The van der Waals surface area contributed by atoms with Crippen LogP contribution in [0.2, 0.25) is 0 Å². The predicted octanol–water partition coefficient (Wildman–Crippen LogP) is 3.67. The van der Waals surface area contributed by atoms with E-state index in [9.17, 15) is 0 Å². The lowest BCUT2D eigenvalue weighted by molar-refractivity contribution is 0.129. The fourth-order valence-electron chi connectivity index (χ4n) is 4.14. The van der Waals surface area contributed by atoms with Crippen LogP contribution in [0.4, 0.5) is 0 Å². The van der Waals surface area contributed by atoms with Crippen molar-refractivity contribution in [2.45, 2.75) is 57.9 Å². The fourth-order valence-corrected chi connectivity index (χ4v) is 4.14. The zero-order valence-electron chi connectivity index (χ0n) is 15.3. The number of aliphatic hydroxyl groups excluding tert-OH is 1. The maximum atomic E-state index is 9.01. The van der Waals surface area contributed by atoms with Gasteiger partial charge in [0.05, 0.1) is 7.11 Å². The normalized spacial score (nSPS) is 23.3. The summed E-state index contributed by atoms with van der Waals surface area (Å²) in [6.45, 7) is 5.22. The predicted molar refractivity (Wildman–Crippen MR) is 98.6 cm³/mol. The van der Waals surface area contributed by atoms with Crippen molar-refractivity contribution in [1.29, 1.82) is 0 Å². The van der Waals surface area contributed by atoms with Crippen molar-refractivity contribution in [2.75, 3.05) is 26.8 Å². The standard InChI is InChI=1S/C21H33NO2/c1-16-12-19-13-20(24-2)9-8-18(19)14-21(16)22(15-17-6-7-17)10-4-3-5-11-23/h8-9,13,16-17,21,23H,3-7,10-12,14-15H2,1-2H3. The highest BCUT2D eigenvalue weighted by molar-refractivity contribution is 5.38. The Labute approximate surface area is 147 Å². The molecule has 2 aliphatic rings. The van der Waals surface area contributed by atoms with E-state index in [1.54, 1.807) is 7.11 Å². The van der Waals surface area contributed by atoms with Gasteiger partial charge in [0.2, 0.25) is 0 Å². The molecule has 1 saturated carbocycles. The van der Waals surface area contributed by atoms with Crippen molar-refractivity contribution in [1.82, 2.24) is 4.90 Å². The SMILES string of the molecule is COc1ccc2c(c1)CC(C)C(N(CCCCCO)CC1CC1)C2. The van der Waals surface area contributed by atoms with Crippen LogP contribution in [0.3, 0.4) is 0 Å². The maximum absolute atomic E-state index is 9.01. The smallest absolute Gasteiger partial charge is 0.119 e. The first kappa shape index (κ1) is 17.8. The molecule has 1 N–H and O–H groups in total. The summed E-state index contributed by atoms with van der Waals surface area (Å²) in [7, 11) is 1.75. The molecule has 2 unspecified atom stereocenters. The first-order chi connectivity index (χ1) is 11.7. The lowest BCUT2D eigenvalue weighted by Crippen LogP contribution is -2.45. The van der Waals surface area contributed by atoms with Crippen molar-refractivity contribution >= 4 is 0 Å². The minimum absolute atomic E-state index is 0.331.